The molecule has 3 N–H and O–H groups in total. The summed E-state index contributed by atoms with van der Waals surface area (Å²) in [6.07, 6.45) is 3.24. The van der Waals surface area contributed by atoms with Crippen LogP contribution >= 0.6 is 0 Å². The standard InChI is InChI=1S/C25H28N2/c1-17(2)21-11-7-12-23-22(10-5-6-15-26)24(27-25(21)23)20-14-13-18-8-3-4-9-19(18)16-20/h3-4,7-9,11-14,16-17,27H,5-6,10,15,26H2,1-2H3. The first-order valence-corrected chi connectivity index (χ1v) is 10.0. The average Bonchev–Trinajstić information content (AvgIpc) is 3.06. The van der Waals surface area contributed by atoms with E-state index in [1.54, 1.807) is 0 Å². The van der Waals surface area contributed by atoms with Gasteiger partial charge in [0.25, 0.3) is 0 Å². The van der Waals surface area contributed by atoms with Crippen LogP contribution in [0.15, 0.2) is 60.7 Å². The SMILES string of the molecule is CC(C)c1cccc2c(CCCCN)c(-c3ccc4ccccc4c3)[nH]c12. The van der Waals surface area contributed by atoms with Gasteiger partial charge in [-0.05, 0) is 65.3 Å². The lowest BCUT2D eigenvalue weighted by atomic mass is 9.96. The van der Waals surface area contributed by atoms with Gasteiger partial charge in [0.1, 0.15) is 0 Å². The summed E-state index contributed by atoms with van der Waals surface area (Å²) >= 11 is 0. The first-order valence-electron chi connectivity index (χ1n) is 10.0. The van der Waals surface area contributed by atoms with Crippen molar-refractivity contribution >= 4 is 21.7 Å². The molecule has 0 spiro atoms. The third-order valence-corrected chi connectivity index (χ3v) is 5.51. The number of unbranched alkanes of at least 4 members (excludes halogenated alkanes) is 1. The zero-order chi connectivity index (χ0) is 18.8. The number of hydrogen-bond donors (Lipinski definition) is 2. The number of aromatic nitrogens is 1. The Balaban J connectivity index is 1.91. The minimum Gasteiger partial charge on any atom is -0.354 e. The fourth-order valence-electron chi connectivity index (χ4n) is 4.07. The zero-order valence-corrected chi connectivity index (χ0v) is 16.3. The number of rotatable bonds is 6. The quantitative estimate of drug-likeness (QED) is 0.386. The number of aromatic amines is 1. The van der Waals surface area contributed by atoms with Crippen LogP contribution in [0.3, 0.4) is 0 Å². The Hall–Kier alpha value is -2.58. The van der Waals surface area contributed by atoms with Gasteiger partial charge in [-0.25, -0.2) is 0 Å². The summed E-state index contributed by atoms with van der Waals surface area (Å²) in [5, 5.41) is 3.93. The summed E-state index contributed by atoms with van der Waals surface area (Å²) in [7, 11) is 0. The van der Waals surface area contributed by atoms with E-state index in [4.69, 9.17) is 5.73 Å². The Morgan fingerprint density at radius 2 is 1.70 bits per heavy atom. The lowest BCUT2D eigenvalue weighted by Crippen LogP contribution is -1.99. The molecule has 0 aliphatic carbocycles. The summed E-state index contributed by atoms with van der Waals surface area (Å²) in [5.74, 6) is 0.494. The molecule has 0 aliphatic rings. The highest BCUT2D eigenvalue weighted by Gasteiger charge is 2.16. The van der Waals surface area contributed by atoms with Crippen molar-refractivity contribution in [3.63, 3.8) is 0 Å². The van der Waals surface area contributed by atoms with Crippen LogP contribution in [-0.2, 0) is 6.42 Å². The van der Waals surface area contributed by atoms with Crippen molar-refractivity contribution in [1.82, 2.24) is 4.98 Å². The van der Waals surface area contributed by atoms with Gasteiger partial charge >= 0.3 is 0 Å². The van der Waals surface area contributed by atoms with Crippen LogP contribution in [0, 0.1) is 0 Å². The van der Waals surface area contributed by atoms with E-state index in [0.29, 0.717) is 5.92 Å². The fourth-order valence-corrected chi connectivity index (χ4v) is 4.07. The van der Waals surface area contributed by atoms with Crippen LogP contribution in [0.1, 0.15) is 43.7 Å². The largest absolute Gasteiger partial charge is 0.354 e. The molecule has 138 valence electrons. The predicted molar refractivity (Wildman–Crippen MR) is 117 cm³/mol. The van der Waals surface area contributed by atoms with E-state index in [1.165, 1.54) is 44.1 Å². The van der Waals surface area contributed by atoms with Gasteiger partial charge in [0, 0.05) is 16.6 Å². The number of para-hydroxylation sites is 1. The number of aryl methyl sites for hydroxylation is 1. The zero-order valence-electron chi connectivity index (χ0n) is 16.3. The maximum atomic E-state index is 5.75. The van der Waals surface area contributed by atoms with E-state index in [1.807, 2.05) is 0 Å². The van der Waals surface area contributed by atoms with E-state index >= 15 is 0 Å². The Kier molecular flexibility index (Phi) is 5.00. The second kappa shape index (κ2) is 7.58. The summed E-state index contributed by atoms with van der Waals surface area (Å²) in [6.45, 7) is 5.28. The van der Waals surface area contributed by atoms with Gasteiger partial charge in [-0.15, -0.1) is 0 Å². The van der Waals surface area contributed by atoms with Crippen LogP contribution in [0.4, 0.5) is 0 Å². The van der Waals surface area contributed by atoms with Crippen LogP contribution < -0.4 is 5.73 Å². The second-order valence-corrected chi connectivity index (χ2v) is 7.71. The molecule has 0 aliphatic heterocycles. The minimum absolute atomic E-state index is 0.494. The van der Waals surface area contributed by atoms with Crippen molar-refractivity contribution in [2.75, 3.05) is 6.54 Å². The summed E-state index contributed by atoms with van der Waals surface area (Å²) < 4.78 is 0. The lowest BCUT2D eigenvalue weighted by Gasteiger charge is -2.07. The van der Waals surface area contributed by atoms with Gasteiger partial charge in [-0.3, -0.25) is 0 Å². The number of nitrogens with one attached hydrogen (secondary N) is 1. The van der Waals surface area contributed by atoms with E-state index in [9.17, 15) is 0 Å². The molecule has 27 heavy (non-hydrogen) atoms. The molecule has 0 radical (unpaired) electrons. The van der Waals surface area contributed by atoms with Crippen molar-refractivity contribution in [3.8, 4) is 11.3 Å². The van der Waals surface area contributed by atoms with Crippen LogP contribution in [-0.4, -0.2) is 11.5 Å². The molecular formula is C25H28N2. The van der Waals surface area contributed by atoms with Crippen molar-refractivity contribution in [2.24, 2.45) is 5.73 Å². The summed E-state index contributed by atoms with van der Waals surface area (Å²) in [6, 6.07) is 22.0. The van der Waals surface area contributed by atoms with Gasteiger partial charge < -0.3 is 10.7 Å². The topological polar surface area (TPSA) is 41.8 Å². The van der Waals surface area contributed by atoms with Gasteiger partial charge in [-0.2, -0.15) is 0 Å². The molecule has 1 aromatic heterocycles. The fraction of sp³-hybridized carbons (Fsp3) is 0.280. The molecule has 2 heteroatoms. The molecule has 2 nitrogen and oxygen atoms in total. The van der Waals surface area contributed by atoms with Crippen molar-refractivity contribution in [1.29, 1.82) is 0 Å². The Morgan fingerprint density at radius 3 is 2.48 bits per heavy atom. The van der Waals surface area contributed by atoms with Crippen LogP contribution in [0.5, 0.6) is 0 Å². The number of fused-ring (bicyclic) bond motifs is 2. The average molecular weight is 357 g/mol. The third kappa shape index (κ3) is 3.38. The monoisotopic (exact) mass is 356 g/mol. The molecule has 0 atom stereocenters. The highest BCUT2D eigenvalue weighted by Crippen LogP contribution is 2.36. The summed E-state index contributed by atoms with van der Waals surface area (Å²) in [5.41, 5.74) is 12.4. The maximum absolute atomic E-state index is 5.75. The van der Waals surface area contributed by atoms with Gasteiger partial charge in [0.15, 0.2) is 0 Å². The normalized spacial score (nSPS) is 11.7. The third-order valence-electron chi connectivity index (χ3n) is 5.51. The molecule has 3 aromatic carbocycles. The molecule has 0 bridgehead atoms. The van der Waals surface area contributed by atoms with E-state index in [2.05, 4.69) is 79.5 Å². The minimum atomic E-state index is 0.494. The van der Waals surface area contributed by atoms with E-state index < -0.39 is 0 Å². The molecule has 1 heterocycles. The van der Waals surface area contributed by atoms with Crippen molar-refractivity contribution in [2.45, 2.75) is 39.0 Å². The van der Waals surface area contributed by atoms with Crippen LogP contribution in [0.2, 0.25) is 0 Å². The molecule has 4 aromatic rings. The molecular weight excluding hydrogens is 328 g/mol. The first kappa shape index (κ1) is 17.8. The van der Waals surface area contributed by atoms with Gasteiger partial charge in [-0.1, -0.05) is 68.4 Å². The number of benzene rings is 3. The van der Waals surface area contributed by atoms with E-state index in [-0.39, 0.29) is 0 Å². The smallest absolute Gasteiger partial charge is 0.0497 e. The first-order chi connectivity index (χ1) is 13.2. The lowest BCUT2D eigenvalue weighted by molar-refractivity contribution is 0.748. The molecule has 0 unspecified atom stereocenters. The number of H-pyrrole nitrogens is 1. The van der Waals surface area contributed by atoms with Gasteiger partial charge in [0.2, 0.25) is 0 Å². The highest BCUT2D eigenvalue weighted by atomic mass is 14.7. The number of hydrogen-bond acceptors (Lipinski definition) is 1. The van der Waals surface area contributed by atoms with E-state index in [0.717, 1.165) is 25.8 Å². The number of nitrogens with two attached hydrogens (primary N) is 1. The Bertz CT molecular complexity index is 1070. The Morgan fingerprint density at radius 1 is 0.889 bits per heavy atom. The highest BCUT2D eigenvalue weighted by molar-refractivity contribution is 5.95. The van der Waals surface area contributed by atoms with Crippen LogP contribution in [0.25, 0.3) is 32.9 Å². The molecule has 0 saturated heterocycles. The molecule has 0 fully saturated rings. The molecule has 0 amide bonds. The summed E-state index contributed by atoms with van der Waals surface area (Å²) in [4.78, 5) is 3.79. The second-order valence-electron chi connectivity index (χ2n) is 7.71. The predicted octanol–water partition coefficient (Wildman–Crippen LogP) is 6.39. The van der Waals surface area contributed by atoms with Gasteiger partial charge in [0.05, 0.1) is 0 Å². The maximum Gasteiger partial charge on any atom is 0.0497 e. The Labute approximate surface area is 161 Å². The van der Waals surface area contributed by atoms with Crippen molar-refractivity contribution in [3.05, 3.63) is 71.8 Å². The molecule has 0 saturated carbocycles. The van der Waals surface area contributed by atoms with Crippen molar-refractivity contribution < 1.29 is 0 Å². The molecule has 4 rings (SSSR count).